The summed E-state index contributed by atoms with van der Waals surface area (Å²) in [7, 11) is 0. The van der Waals surface area contributed by atoms with Gasteiger partial charge in [-0.3, -0.25) is 5.32 Å². The highest BCUT2D eigenvalue weighted by Gasteiger charge is 2.36. The Hall–Kier alpha value is -1.06. The van der Waals surface area contributed by atoms with Crippen LogP contribution in [0.4, 0.5) is 0 Å². The average molecular weight is 305 g/mol. The molecule has 6 heteroatoms. The molecule has 1 heterocycles. The van der Waals surface area contributed by atoms with E-state index in [0.717, 1.165) is 23.9 Å². The fourth-order valence-corrected chi connectivity index (χ4v) is 3.78. The molecule has 1 unspecified atom stereocenters. The molecule has 0 amide bonds. The molecular formula is C15H23N5S. The fourth-order valence-electron chi connectivity index (χ4n) is 2.60. The Balaban J connectivity index is 1.62. The summed E-state index contributed by atoms with van der Waals surface area (Å²) in [4.78, 5) is 0. The van der Waals surface area contributed by atoms with Gasteiger partial charge in [-0.25, -0.2) is 0 Å². The van der Waals surface area contributed by atoms with Crippen molar-refractivity contribution in [3.63, 3.8) is 0 Å². The van der Waals surface area contributed by atoms with Crippen molar-refractivity contribution in [3.05, 3.63) is 5.82 Å². The fraction of sp³-hybridized carbons (Fsp3) is 0.800. The van der Waals surface area contributed by atoms with E-state index in [0.29, 0.717) is 12.0 Å². The Labute approximate surface area is 130 Å². The third kappa shape index (κ3) is 3.41. The number of nitriles is 1. The molecular weight excluding hydrogens is 282 g/mol. The van der Waals surface area contributed by atoms with E-state index in [1.165, 1.54) is 31.5 Å². The molecule has 1 aromatic heterocycles. The predicted molar refractivity (Wildman–Crippen MR) is 83.3 cm³/mol. The van der Waals surface area contributed by atoms with Crippen molar-refractivity contribution in [3.8, 4) is 6.07 Å². The van der Waals surface area contributed by atoms with Gasteiger partial charge in [0.1, 0.15) is 11.4 Å². The maximum atomic E-state index is 9.30. The van der Waals surface area contributed by atoms with Gasteiger partial charge in [0.25, 0.3) is 0 Å². The zero-order valence-electron chi connectivity index (χ0n) is 12.8. The lowest BCUT2D eigenvalue weighted by molar-refractivity contribution is 0.450. The minimum atomic E-state index is -0.439. The Morgan fingerprint density at radius 2 is 2.14 bits per heavy atom. The Bertz CT molecular complexity index is 541. The predicted octanol–water partition coefficient (Wildman–Crippen LogP) is 2.86. The number of rotatable bonds is 8. The van der Waals surface area contributed by atoms with Gasteiger partial charge in [0.2, 0.25) is 0 Å². The molecule has 2 saturated carbocycles. The Morgan fingerprint density at radius 3 is 2.71 bits per heavy atom. The third-order valence-electron chi connectivity index (χ3n) is 4.19. The standard InChI is InChI=1S/C15H23N5S/c1-3-17-15(2,10-16)8-9-21-14-19-18-13(11-4-5-11)20(14)12-6-7-12/h11-12,17H,3-9H2,1-2H3. The van der Waals surface area contributed by atoms with Crippen molar-refractivity contribution >= 4 is 11.8 Å². The summed E-state index contributed by atoms with van der Waals surface area (Å²) in [5.41, 5.74) is -0.439. The molecule has 3 rings (SSSR count). The molecule has 0 bridgehead atoms. The molecule has 0 aliphatic heterocycles. The van der Waals surface area contributed by atoms with Gasteiger partial charge in [-0.15, -0.1) is 10.2 Å². The lowest BCUT2D eigenvalue weighted by Gasteiger charge is -2.21. The van der Waals surface area contributed by atoms with Crippen LogP contribution in [0.1, 0.15) is 63.7 Å². The summed E-state index contributed by atoms with van der Waals surface area (Å²) in [5, 5.41) is 22.4. The summed E-state index contributed by atoms with van der Waals surface area (Å²) >= 11 is 1.75. The molecule has 1 aromatic rings. The highest BCUT2D eigenvalue weighted by atomic mass is 32.2. The third-order valence-corrected chi connectivity index (χ3v) is 5.14. The second-order valence-electron chi connectivity index (χ2n) is 6.29. The van der Waals surface area contributed by atoms with E-state index in [4.69, 9.17) is 0 Å². The topological polar surface area (TPSA) is 66.5 Å². The molecule has 0 radical (unpaired) electrons. The van der Waals surface area contributed by atoms with E-state index in [-0.39, 0.29) is 0 Å². The summed E-state index contributed by atoms with van der Waals surface area (Å²) < 4.78 is 2.37. The van der Waals surface area contributed by atoms with Gasteiger partial charge in [0, 0.05) is 17.7 Å². The highest BCUT2D eigenvalue weighted by molar-refractivity contribution is 7.99. The van der Waals surface area contributed by atoms with Crippen molar-refractivity contribution in [1.29, 1.82) is 5.26 Å². The van der Waals surface area contributed by atoms with E-state index < -0.39 is 5.54 Å². The SMILES string of the molecule is CCNC(C)(C#N)CCSc1nnc(C2CC2)n1C1CC1. The minimum Gasteiger partial charge on any atom is -0.303 e. The highest BCUT2D eigenvalue weighted by Crippen LogP contribution is 2.46. The van der Waals surface area contributed by atoms with Gasteiger partial charge in [-0.1, -0.05) is 18.7 Å². The summed E-state index contributed by atoms with van der Waals surface area (Å²) in [6.07, 6.45) is 5.88. The number of thioether (sulfide) groups is 1. The zero-order valence-corrected chi connectivity index (χ0v) is 13.6. The minimum absolute atomic E-state index is 0.439. The Kier molecular flexibility index (Phi) is 4.23. The lowest BCUT2D eigenvalue weighted by Crippen LogP contribution is -2.41. The first-order valence-corrected chi connectivity index (χ1v) is 8.89. The van der Waals surface area contributed by atoms with Gasteiger partial charge in [-0.05, 0) is 45.6 Å². The van der Waals surface area contributed by atoms with Crippen LogP contribution >= 0.6 is 11.8 Å². The molecule has 2 aliphatic carbocycles. The number of nitrogens with zero attached hydrogens (tertiary/aromatic N) is 4. The molecule has 114 valence electrons. The van der Waals surface area contributed by atoms with Crippen molar-refractivity contribution in [1.82, 2.24) is 20.1 Å². The lowest BCUT2D eigenvalue weighted by atomic mass is 10.0. The second kappa shape index (κ2) is 5.98. The van der Waals surface area contributed by atoms with E-state index in [9.17, 15) is 5.26 Å². The molecule has 0 spiro atoms. The van der Waals surface area contributed by atoms with Gasteiger partial charge < -0.3 is 4.57 Å². The van der Waals surface area contributed by atoms with Crippen LogP contribution < -0.4 is 5.32 Å². The van der Waals surface area contributed by atoms with Crippen LogP contribution in [0.5, 0.6) is 0 Å². The first-order chi connectivity index (χ1) is 10.2. The molecule has 1 atom stereocenters. The zero-order chi connectivity index (χ0) is 14.9. The maximum absolute atomic E-state index is 9.30. The van der Waals surface area contributed by atoms with Gasteiger partial charge in [-0.2, -0.15) is 5.26 Å². The monoisotopic (exact) mass is 305 g/mol. The van der Waals surface area contributed by atoms with E-state index in [2.05, 4.69) is 26.2 Å². The molecule has 2 aliphatic rings. The van der Waals surface area contributed by atoms with Crippen molar-refractivity contribution in [2.24, 2.45) is 0 Å². The number of nitrogens with one attached hydrogen (secondary N) is 1. The van der Waals surface area contributed by atoms with Gasteiger partial charge >= 0.3 is 0 Å². The van der Waals surface area contributed by atoms with Crippen LogP contribution in [0.25, 0.3) is 0 Å². The smallest absolute Gasteiger partial charge is 0.191 e. The molecule has 5 nitrogen and oxygen atoms in total. The first-order valence-electron chi connectivity index (χ1n) is 7.90. The Morgan fingerprint density at radius 1 is 1.38 bits per heavy atom. The van der Waals surface area contributed by atoms with Gasteiger partial charge in [0.15, 0.2) is 5.16 Å². The average Bonchev–Trinajstić information content (AvgIpc) is 3.38. The van der Waals surface area contributed by atoms with Crippen molar-refractivity contribution < 1.29 is 0 Å². The summed E-state index contributed by atoms with van der Waals surface area (Å²) in [5.74, 6) is 2.75. The first kappa shape index (κ1) is 14.9. The molecule has 0 saturated heterocycles. The van der Waals surface area contributed by atoms with Crippen LogP contribution in [0.2, 0.25) is 0 Å². The summed E-state index contributed by atoms with van der Waals surface area (Å²) in [6.45, 7) is 4.82. The van der Waals surface area contributed by atoms with E-state index in [1.54, 1.807) is 11.8 Å². The largest absolute Gasteiger partial charge is 0.303 e. The van der Waals surface area contributed by atoms with Crippen LogP contribution in [0, 0.1) is 11.3 Å². The number of aromatic nitrogens is 3. The second-order valence-corrected chi connectivity index (χ2v) is 7.35. The van der Waals surface area contributed by atoms with Crippen molar-refractivity contribution in [2.75, 3.05) is 12.3 Å². The van der Waals surface area contributed by atoms with Crippen LogP contribution in [0.15, 0.2) is 5.16 Å². The van der Waals surface area contributed by atoms with Crippen LogP contribution in [0.3, 0.4) is 0 Å². The molecule has 1 N–H and O–H groups in total. The van der Waals surface area contributed by atoms with Crippen LogP contribution in [-0.4, -0.2) is 32.6 Å². The van der Waals surface area contributed by atoms with Crippen LogP contribution in [-0.2, 0) is 0 Å². The van der Waals surface area contributed by atoms with Gasteiger partial charge in [0.05, 0.1) is 6.07 Å². The molecule has 2 fully saturated rings. The quantitative estimate of drug-likeness (QED) is 0.748. The molecule has 0 aromatic carbocycles. The number of hydrogen-bond donors (Lipinski definition) is 1. The van der Waals surface area contributed by atoms with Crippen molar-refractivity contribution in [2.45, 2.75) is 68.6 Å². The van der Waals surface area contributed by atoms with E-state index in [1.807, 2.05) is 13.8 Å². The molecule has 21 heavy (non-hydrogen) atoms. The normalized spacial score (nSPS) is 21.0. The summed E-state index contributed by atoms with van der Waals surface area (Å²) in [6, 6.07) is 3.02. The van der Waals surface area contributed by atoms with E-state index >= 15 is 0 Å². The maximum Gasteiger partial charge on any atom is 0.191 e. The number of hydrogen-bond acceptors (Lipinski definition) is 5.